The van der Waals surface area contributed by atoms with E-state index in [2.05, 4.69) is 37.4 Å². The molecule has 0 saturated heterocycles. The first kappa shape index (κ1) is 18.4. The van der Waals surface area contributed by atoms with Gasteiger partial charge in [-0.3, -0.25) is 0 Å². The first-order valence-electron chi connectivity index (χ1n) is 9.24. The average molecular weight is 383 g/mol. The number of aromatic nitrogens is 4. The number of hydrogen-bond acceptors (Lipinski definition) is 7. The number of benzene rings is 1. The Morgan fingerprint density at radius 3 is 2.48 bits per heavy atom. The van der Waals surface area contributed by atoms with E-state index in [9.17, 15) is 0 Å². The Kier molecular flexibility index (Phi) is 5.29. The van der Waals surface area contributed by atoms with Crippen molar-refractivity contribution in [2.45, 2.75) is 13.5 Å². The summed E-state index contributed by atoms with van der Waals surface area (Å²) in [6.45, 7) is 2.50. The van der Waals surface area contributed by atoms with Crippen LogP contribution in [0.4, 0.5) is 29.0 Å². The lowest BCUT2D eigenvalue weighted by atomic mass is 10.2. The highest BCUT2D eigenvalue weighted by Crippen LogP contribution is 2.33. The number of nitrogens with two attached hydrogens (primary N) is 1. The predicted molar refractivity (Wildman–Crippen MR) is 115 cm³/mol. The van der Waals surface area contributed by atoms with Gasteiger partial charge in [-0.05, 0) is 36.8 Å². The molecule has 0 radical (unpaired) electrons. The Morgan fingerprint density at radius 1 is 0.897 bits per heavy atom. The second-order valence-electron chi connectivity index (χ2n) is 6.51. The van der Waals surface area contributed by atoms with Gasteiger partial charge in [0.25, 0.3) is 0 Å². The molecule has 0 bridgehead atoms. The maximum atomic E-state index is 6.48. The van der Waals surface area contributed by atoms with Crippen LogP contribution in [0.5, 0.6) is 0 Å². The monoisotopic (exact) mass is 383 g/mol. The molecule has 7 nitrogen and oxygen atoms in total. The van der Waals surface area contributed by atoms with Gasteiger partial charge < -0.3 is 16.0 Å². The zero-order valence-electron chi connectivity index (χ0n) is 16.0. The van der Waals surface area contributed by atoms with Crippen molar-refractivity contribution in [3.8, 4) is 0 Å². The molecule has 4 rings (SSSR count). The fourth-order valence-electron chi connectivity index (χ4n) is 2.98. The number of nitrogens with zero attached hydrogens (tertiary/aromatic N) is 5. The maximum Gasteiger partial charge on any atom is 0.163 e. The van der Waals surface area contributed by atoms with E-state index < -0.39 is 0 Å². The van der Waals surface area contributed by atoms with Crippen molar-refractivity contribution < 1.29 is 0 Å². The van der Waals surface area contributed by atoms with Gasteiger partial charge in [-0.2, -0.15) is 0 Å². The molecule has 0 aliphatic heterocycles. The van der Waals surface area contributed by atoms with Gasteiger partial charge in [-0.25, -0.2) is 19.9 Å². The molecule has 3 N–H and O–H groups in total. The molecule has 0 spiro atoms. The highest BCUT2D eigenvalue weighted by Gasteiger charge is 2.18. The van der Waals surface area contributed by atoms with Crippen molar-refractivity contribution in [3.05, 3.63) is 90.5 Å². The quantitative estimate of drug-likeness (QED) is 0.514. The second-order valence-corrected chi connectivity index (χ2v) is 6.51. The molecule has 29 heavy (non-hydrogen) atoms. The number of nitrogen functional groups attached to an aromatic ring is 1. The summed E-state index contributed by atoms with van der Waals surface area (Å²) in [5.74, 6) is 2.51. The van der Waals surface area contributed by atoms with E-state index in [-0.39, 0.29) is 0 Å². The number of nitrogens with one attached hydrogen (secondary N) is 1. The standard InChI is InChI=1S/C22H21N7/c1-16-8-7-11-18(27-16)28-21-20(23)22(26-15-25-21)29(19-12-5-6-13-24-19)14-17-9-3-2-4-10-17/h2-13,15H,14,23H2,1H3,(H,25,26,27,28). The lowest BCUT2D eigenvalue weighted by molar-refractivity contribution is 0.918. The van der Waals surface area contributed by atoms with Crippen molar-refractivity contribution in [2.24, 2.45) is 0 Å². The van der Waals surface area contributed by atoms with Crippen LogP contribution in [-0.4, -0.2) is 19.9 Å². The highest BCUT2D eigenvalue weighted by molar-refractivity contribution is 5.80. The maximum absolute atomic E-state index is 6.48. The third-order valence-corrected chi connectivity index (χ3v) is 4.36. The van der Waals surface area contributed by atoms with Crippen LogP contribution in [0.25, 0.3) is 0 Å². The van der Waals surface area contributed by atoms with Gasteiger partial charge in [0.2, 0.25) is 0 Å². The topological polar surface area (TPSA) is 92.9 Å². The van der Waals surface area contributed by atoms with Crippen molar-refractivity contribution in [1.82, 2.24) is 19.9 Å². The Hall–Kier alpha value is -4.00. The van der Waals surface area contributed by atoms with E-state index in [0.717, 1.165) is 17.1 Å². The van der Waals surface area contributed by atoms with E-state index in [1.54, 1.807) is 6.20 Å². The molecule has 7 heteroatoms. The molecule has 0 amide bonds. The summed E-state index contributed by atoms with van der Waals surface area (Å²) < 4.78 is 0. The first-order valence-corrected chi connectivity index (χ1v) is 9.24. The number of pyridine rings is 2. The molecule has 0 saturated carbocycles. The van der Waals surface area contributed by atoms with Crippen molar-refractivity contribution >= 4 is 29.0 Å². The third kappa shape index (κ3) is 4.30. The van der Waals surface area contributed by atoms with Crippen LogP contribution < -0.4 is 16.0 Å². The highest BCUT2D eigenvalue weighted by atomic mass is 15.3. The van der Waals surface area contributed by atoms with Gasteiger partial charge in [-0.15, -0.1) is 0 Å². The normalized spacial score (nSPS) is 10.5. The minimum atomic E-state index is 0.428. The van der Waals surface area contributed by atoms with Crippen LogP contribution in [0.3, 0.4) is 0 Å². The van der Waals surface area contributed by atoms with Crippen LogP contribution in [0.2, 0.25) is 0 Å². The molecular weight excluding hydrogens is 362 g/mol. The van der Waals surface area contributed by atoms with Crippen molar-refractivity contribution in [2.75, 3.05) is 16.0 Å². The molecule has 0 unspecified atom stereocenters. The van der Waals surface area contributed by atoms with Gasteiger partial charge in [0.15, 0.2) is 11.6 Å². The summed E-state index contributed by atoms with van der Waals surface area (Å²) >= 11 is 0. The molecule has 3 heterocycles. The minimum Gasteiger partial charge on any atom is -0.393 e. The minimum absolute atomic E-state index is 0.428. The SMILES string of the molecule is Cc1cccc(Nc2ncnc(N(Cc3ccccc3)c3ccccn3)c2N)n1. The van der Waals surface area contributed by atoms with Gasteiger partial charge in [0.05, 0.1) is 6.54 Å². The van der Waals surface area contributed by atoms with E-state index in [0.29, 0.717) is 29.7 Å². The number of rotatable bonds is 6. The molecule has 0 fully saturated rings. The van der Waals surface area contributed by atoms with E-state index >= 15 is 0 Å². The zero-order chi connectivity index (χ0) is 20.1. The van der Waals surface area contributed by atoms with Crippen LogP contribution in [0.1, 0.15) is 11.3 Å². The molecule has 4 aromatic rings. The van der Waals surface area contributed by atoms with E-state index in [1.165, 1.54) is 6.33 Å². The first-order chi connectivity index (χ1) is 14.2. The van der Waals surface area contributed by atoms with E-state index in [1.807, 2.05) is 66.4 Å². The van der Waals surface area contributed by atoms with Gasteiger partial charge in [0, 0.05) is 11.9 Å². The molecular formula is C22H21N7. The Morgan fingerprint density at radius 2 is 1.72 bits per heavy atom. The fraction of sp³-hybridized carbons (Fsp3) is 0.0909. The van der Waals surface area contributed by atoms with Crippen molar-refractivity contribution in [3.63, 3.8) is 0 Å². The summed E-state index contributed by atoms with van der Waals surface area (Å²) in [6, 6.07) is 21.6. The summed E-state index contributed by atoms with van der Waals surface area (Å²) in [5.41, 5.74) is 8.93. The molecule has 0 atom stereocenters. The summed E-state index contributed by atoms with van der Waals surface area (Å²) in [7, 11) is 0. The van der Waals surface area contributed by atoms with Crippen LogP contribution >= 0.6 is 0 Å². The summed E-state index contributed by atoms with van der Waals surface area (Å²) in [6.07, 6.45) is 3.24. The molecule has 0 aliphatic rings. The third-order valence-electron chi connectivity index (χ3n) is 4.36. The lowest BCUT2D eigenvalue weighted by Gasteiger charge is -2.24. The number of aryl methyl sites for hydroxylation is 1. The van der Waals surface area contributed by atoms with Gasteiger partial charge in [-0.1, -0.05) is 42.5 Å². The lowest BCUT2D eigenvalue weighted by Crippen LogP contribution is -2.21. The van der Waals surface area contributed by atoms with E-state index in [4.69, 9.17) is 5.73 Å². The Balaban J connectivity index is 1.72. The van der Waals surface area contributed by atoms with Gasteiger partial charge in [0.1, 0.15) is 23.7 Å². The van der Waals surface area contributed by atoms with Crippen LogP contribution in [-0.2, 0) is 6.54 Å². The zero-order valence-corrected chi connectivity index (χ0v) is 16.0. The Labute approximate surface area is 169 Å². The fourth-order valence-corrected chi connectivity index (χ4v) is 2.98. The predicted octanol–water partition coefficient (Wildman–Crippen LogP) is 4.24. The number of hydrogen-bond donors (Lipinski definition) is 2. The average Bonchev–Trinajstić information content (AvgIpc) is 2.75. The number of anilines is 5. The van der Waals surface area contributed by atoms with Crippen LogP contribution in [0, 0.1) is 6.92 Å². The summed E-state index contributed by atoms with van der Waals surface area (Å²) in [5, 5.41) is 3.19. The largest absolute Gasteiger partial charge is 0.393 e. The summed E-state index contributed by atoms with van der Waals surface area (Å²) in [4.78, 5) is 19.7. The molecule has 1 aromatic carbocycles. The molecule has 3 aromatic heterocycles. The molecule has 144 valence electrons. The molecule has 0 aliphatic carbocycles. The Bertz CT molecular complexity index is 1080. The van der Waals surface area contributed by atoms with Crippen LogP contribution in [0.15, 0.2) is 79.3 Å². The smallest absolute Gasteiger partial charge is 0.163 e. The van der Waals surface area contributed by atoms with Gasteiger partial charge >= 0.3 is 0 Å². The van der Waals surface area contributed by atoms with Crippen molar-refractivity contribution in [1.29, 1.82) is 0 Å². The second kappa shape index (κ2) is 8.35.